The van der Waals surface area contributed by atoms with Crippen LogP contribution in [-0.4, -0.2) is 20.9 Å². The minimum absolute atomic E-state index is 0.243. The molecule has 5 nitrogen and oxygen atoms in total. The van der Waals surface area contributed by atoms with E-state index in [1.54, 1.807) is 37.5 Å². The Labute approximate surface area is 142 Å². The van der Waals surface area contributed by atoms with E-state index in [-0.39, 0.29) is 5.91 Å². The van der Waals surface area contributed by atoms with Crippen LogP contribution in [0.25, 0.3) is 10.8 Å². The van der Waals surface area contributed by atoms with Crippen LogP contribution < -0.4 is 5.32 Å². The number of nitrogens with one attached hydrogen (secondary N) is 1. The van der Waals surface area contributed by atoms with Gasteiger partial charge >= 0.3 is 0 Å². The van der Waals surface area contributed by atoms with Crippen LogP contribution in [0.3, 0.4) is 0 Å². The Kier molecular flexibility index (Phi) is 4.36. The molecule has 0 aliphatic carbocycles. The summed E-state index contributed by atoms with van der Waals surface area (Å²) in [5, 5.41) is 3.94. The summed E-state index contributed by atoms with van der Waals surface area (Å²) < 4.78 is 0. The zero-order chi connectivity index (χ0) is 16.4. The molecule has 0 atom stereocenters. The molecule has 1 aromatic carbocycles. The van der Waals surface area contributed by atoms with Crippen LogP contribution in [0.5, 0.6) is 0 Å². The van der Waals surface area contributed by atoms with E-state index < -0.39 is 0 Å². The van der Waals surface area contributed by atoms with Gasteiger partial charge in [0.05, 0.1) is 16.4 Å². The fourth-order valence-electron chi connectivity index (χ4n) is 2.01. The molecule has 0 fully saturated rings. The number of amides is 1. The maximum atomic E-state index is 12.5. The monoisotopic (exact) mass is 344 g/mol. The van der Waals surface area contributed by atoms with Gasteiger partial charge in [0.15, 0.2) is 10.8 Å². The molecular formula is C16H13ClN4OS. The summed E-state index contributed by atoms with van der Waals surface area (Å²) in [6, 6.07) is 7.22. The molecule has 2 aromatic heterocycles. The van der Waals surface area contributed by atoms with Gasteiger partial charge in [-0.15, -0.1) is 11.3 Å². The summed E-state index contributed by atoms with van der Waals surface area (Å²) in [7, 11) is 0. The summed E-state index contributed by atoms with van der Waals surface area (Å²) in [6.07, 6.45) is 3.29. The predicted octanol–water partition coefficient (Wildman–Crippen LogP) is 4.12. The lowest BCUT2D eigenvalue weighted by Gasteiger charge is -2.06. The molecule has 1 N–H and O–H groups in total. The molecule has 0 spiro atoms. The van der Waals surface area contributed by atoms with Gasteiger partial charge in [-0.3, -0.25) is 4.79 Å². The molecule has 0 aliphatic heterocycles. The Morgan fingerprint density at radius 2 is 1.96 bits per heavy atom. The van der Waals surface area contributed by atoms with Crippen LogP contribution in [0.2, 0.25) is 5.02 Å². The van der Waals surface area contributed by atoms with E-state index in [0.29, 0.717) is 32.1 Å². The van der Waals surface area contributed by atoms with Gasteiger partial charge in [0.25, 0.3) is 5.91 Å². The smallest absolute Gasteiger partial charge is 0.267 e. The Morgan fingerprint density at radius 1 is 1.22 bits per heavy atom. The van der Waals surface area contributed by atoms with E-state index in [4.69, 9.17) is 11.6 Å². The number of benzene rings is 1. The van der Waals surface area contributed by atoms with E-state index in [0.717, 1.165) is 5.56 Å². The number of aryl methyl sites for hydroxylation is 2. The summed E-state index contributed by atoms with van der Waals surface area (Å²) in [5.74, 6) is 0.265. The van der Waals surface area contributed by atoms with Crippen molar-refractivity contribution in [2.24, 2.45) is 0 Å². The van der Waals surface area contributed by atoms with E-state index >= 15 is 0 Å². The summed E-state index contributed by atoms with van der Waals surface area (Å²) >= 11 is 7.41. The summed E-state index contributed by atoms with van der Waals surface area (Å²) in [6.45, 7) is 3.73. The molecule has 0 saturated carbocycles. The highest BCUT2D eigenvalue weighted by molar-refractivity contribution is 7.17. The molecule has 7 heteroatoms. The van der Waals surface area contributed by atoms with Crippen molar-refractivity contribution in [3.8, 4) is 10.8 Å². The normalized spacial score (nSPS) is 10.6. The van der Waals surface area contributed by atoms with E-state index in [9.17, 15) is 4.79 Å². The molecular weight excluding hydrogens is 332 g/mol. The highest BCUT2D eigenvalue weighted by Crippen LogP contribution is 2.28. The van der Waals surface area contributed by atoms with Crippen molar-refractivity contribution < 1.29 is 4.79 Å². The van der Waals surface area contributed by atoms with Crippen molar-refractivity contribution in [3.05, 3.63) is 57.8 Å². The average Bonchev–Trinajstić information content (AvgIpc) is 2.93. The van der Waals surface area contributed by atoms with Gasteiger partial charge in [-0.25, -0.2) is 15.0 Å². The van der Waals surface area contributed by atoms with Crippen LogP contribution in [0, 0.1) is 13.8 Å². The van der Waals surface area contributed by atoms with Gasteiger partial charge in [-0.05, 0) is 37.6 Å². The number of nitrogens with zero attached hydrogens (tertiary/aromatic N) is 3. The van der Waals surface area contributed by atoms with Crippen LogP contribution in [0.1, 0.15) is 20.9 Å². The third kappa shape index (κ3) is 3.38. The Bertz CT molecular complexity index is 864. The number of halogens is 1. The molecule has 2 heterocycles. The van der Waals surface area contributed by atoms with Gasteiger partial charge in [0, 0.05) is 12.4 Å². The quantitative estimate of drug-likeness (QED) is 0.776. The number of rotatable bonds is 3. The summed E-state index contributed by atoms with van der Waals surface area (Å²) in [4.78, 5) is 25.7. The number of hydrogen-bond donors (Lipinski definition) is 1. The standard InChI is InChI=1S/C16H13ClN4OS/c1-9-4-5-12(11(17)8-9)21-15(22)13-10(2)20-16(23-13)14-18-6-3-7-19-14/h3-8H,1-2H3,(H,21,22). The van der Waals surface area contributed by atoms with Gasteiger partial charge in [-0.1, -0.05) is 17.7 Å². The lowest BCUT2D eigenvalue weighted by Crippen LogP contribution is -2.11. The van der Waals surface area contributed by atoms with Gasteiger partial charge in [0.2, 0.25) is 0 Å². The average molecular weight is 345 g/mol. The number of aromatic nitrogens is 3. The van der Waals surface area contributed by atoms with Crippen molar-refractivity contribution in [3.63, 3.8) is 0 Å². The molecule has 0 saturated heterocycles. The molecule has 3 rings (SSSR count). The third-order valence-electron chi connectivity index (χ3n) is 3.13. The van der Waals surface area contributed by atoms with Crippen molar-refractivity contribution in [2.45, 2.75) is 13.8 Å². The highest BCUT2D eigenvalue weighted by Gasteiger charge is 2.18. The number of thiazole rings is 1. The minimum atomic E-state index is -0.243. The first-order valence-corrected chi connectivity index (χ1v) is 8.06. The maximum Gasteiger partial charge on any atom is 0.267 e. The zero-order valence-electron chi connectivity index (χ0n) is 12.5. The maximum absolute atomic E-state index is 12.5. The van der Waals surface area contributed by atoms with Gasteiger partial charge in [0.1, 0.15) is 4.88 Å². The first-order chi connectivity index (χ1) is 11.0. The number of anilines is 1. The number of carbonyl (C=O) groups is 1. The number of carbonyl (C=O) groups excluding carboxylic acids is 1. The van der Waals surface area contributed by atoms with Crippen LogP contribution in [0.4, 0.5) is 5.69 Å². The van der Waals surface area contributed by atoms with Crippen LogP contribution >= 0.6 is 22.9 Å². The third-order valence-corrected chi connectivity index (χ3v) is 4.60. The molecule has 0 radical (unpaired) electrons. The lowest BCUT2D eigenvalue weighted by atomic mass is 10.2. The van der Waals surface area contributed by atoms with E-state index in [2.05, 4.69) is 20.3 Å². The second kappa shape index (κ2) is 6.44. The molecule has 1 amide bonds. The Hall–Kier alpha value is -2.31. The molecule has 116 valence electrons. The molecule has 3 aromatic rings. The molecule has 0 bridgehead atoms. The zero-order valence-corrected chi connectivity index (χ0v) is 14.1. The van der Waals surface area contributed by atoms with E-state index in [1.165, 1.54) is 11.3 Å². The Balaban J connectivity index is 1.87. The second-order valence-corrected chi connectivity index (χ2v) is 6.35. The number of hydrogen-bond acceptors (Lipinski definition) is 5. The van der Waals surface area contributed by atoms with Gasteiger partial charge < -0.3 is 5.32 Å². The van der Waals surface area contributed by atoms with Crippen LogP contribution in [-0.2, 0) is 0 Å². The molecule has 0 aliphatic rings. The van der Waals surface area contributed by atoms with Crippen molar-refractivity contribution >= 4 is 34.5 Å². The minimum Gasteiger partial charge on any atom is -0.320 e. The summed E-state index contributed by atoms with van der Waals surface area (Å²) in [5.41, 5.74) is 2.25. The fraction of sp³-hybridized carbons (Fsp3) is 0.125. The highest BCUT2D eigenvalue weighted by atomic mass is 35.5. The first kappa shape index (κ1) is 15.6. The Morgan fingerprint density at radius 3 is 2.65 bits per heavy atom. The molecule has 0 unspecified atom stereocenters. The van der Waals surface area contributed by atoms with Crippen LogP contribution in [0.15, 0.2) is 36.7 Å². The topological polar surface area (TPSA) is 67.8 Å². The van der Waals surface area contributed by atoms with Crippen molar-refractivity contribution in [1.29, 1.82) is 0 Å². The predicted molar refractivity (Wildman–Crippen MR) is 92.0 cm³/mol. The molecule has 23 heavy (non-hydrogen) atoms. The lowest BCUT2D eigenvalue weighted by molar-refractivity contribution is 0.103. The SMILES string of the molecule is Cc1ccc(NC(=O)c2sc(-c3ncccn3)nc2C)c(Cl)c1. The van der Waals surface area contributed by atoms with Crippen molar-refractivity contribution in [1.82, 2.24) is 15.0 Å². The fourth-order valence-corrected chi connectivity index (χ4v) is 3.20. The largest absolute Gasteiger partial charge is 0.320 e. The van der Waals surface area contributed by atoms with Gasteiger partial charge in [-0.2, -0.15) is 0 Å². The first-order valence-electron chi connectivity index (χ1n) is 6.87. The van der Waals surface area contributed by atoms with E-state index in [1.807, 2.05) is 13.0 Å². The van der Waals surface area contributed by atoms with Crippen molar-refractivity contribution in [2.75, 3.05) is 5.32 Å². The second-order valence-electron chi connectivity index (χ2n) is 4.94.